The molecule has 1 aromatic heterocycles. The number of aromatic nitrogens is 1. The molecular formula is C20H27N3OS. The first-order valence-electron chi connectivity index (χ1n) is 9.08. The Morgan fingerprint density at radius 1 is 1.32 bits per heavy atom. The third-order valence-electron chi connectivity index (χ3n) is 4.89. The molecule has 0 bridgehead atoms. The van der Waals surface area contributed by atoms with Crippen molar-refractivity contribution < 1.29 is 4.79 Å². The molecule has 1 fully saturated rings. The number of nitrogens with zero attached hydrogens (tertiary/aromatic N) is 2. The minimum atomic E-state index is -0.00406. The lowest BCUT2D eigenvalue weighted by Gasteiger charge is -2.31. The number of likely N-dealkylation sites (tertiary alicyclic amines) is 1. The highest BCUT2D eigenvalue weighted by atomic mass is 32.1. The first-order valence-corrected chi connectivity index (χ1v) is 9.96. The van der Waals surface area contributed by atoms with Crippen molar-refractivity contribution in [2.24, 2.45) is 5.92 Å². The van der Waals surface area contributed by atoms with Gasteiger partial charge < -0.3 is 5.32 Å². The normalized spacial score (nSPS) is 17.4. The lowest BCUT2D eigenvalue weighted by Crippen LogP contribution is -2.36. The molecular weight excluding hydrogens is 330 g/mol. The van der Waals surface area contributed by atoms with E-state index in [4.69, 9.17) is 0 Å². The third-order valence-corrected chi connectivity index (χ3v) is 5.68. The molecule has 1 amide bonds. The minimum absolute atomic E-state index is 0.00406. The summed E-state index contributed by atoms with van der Waals surface area (Å²) >= 11 is 1.63. The molecule has 1 aromatic carbocycles. The maximum absolute atomic E-state index is 12.3. The molecule has 1 atom stereocenters. The predicted octanol–water partition coefficient (Wildman–Crippen LogP) is 3.93. The van der Waals surface area contributed by atoms with Gasteiger partial charge in [0.1, 0.15) is 0 Å². The van der Waals surface area contributed by atoms with Gasteiger partial charge in [-0.3, -0.25) is 9.69 Å². The van der Waals surface area contributed by atoms with Crippen LogP contribution < -0.4 is 5.32 Å². The Bertz CT molecular complexity index is 677. The lowest BCUT2D eigenvalue weighted by atomic mass is 9.93. The van der Waals surface area contributed by atoms with Gasteiger partial charge in [-0.2, -0.15) is 0 Å². The molecule has 134 valence electrons. The summed E-state index contributed by atoms with van der Waals surface area (Å²) in [6, 6.07) is 10.6. The van der Waals surface area contributed by atoms with Crippen LogP contribution in [0.25, 0.3) is 0 Å². The van der Waals surface area contributed by atoms with Gasteiger partial charge >= 0.3 is 0 Å². The quantitative estimate of drug-likeness (QED) is 0.852. The van der Waals surface area contributed by atoms with Crippen LogP contribution in [0.2, 0.25) is 0 Å². The zero-order chi connectivity index (χ0) is 17.6. The Kier molecular flexibility index (Phi) is 6.21. The molecule has 1 aliphatic heterocycles. The summed E-state index contributed by atoms with van der Waals surface area (Å²) in [6.45, 7) is 7.17. The summed E-state index contributed by atoms with van der Waals surface area (Å²) < 4.78 is 0. The zero-order valence-corrected chi connectivity index (χ0v) is 15.9. The lowest BCUT2D eigenvalue weighted by molar-refractivity contribution is -0.123. The van der Waals surface area contributed by atoms with Crippen molar-refractivity contribution in [2.75, 3.05) is 13.1 Å². The highest BCUT2D eigenvalue weighted by molar-refractivity contribution is 7.09. The fraction of sp³-hybridized carbons (Fsp3) is 0.500. The number of carbonyl (C=O) groups excluding carboxylic acids is 1. The van der Waals surface area contributed by atoms with E-state index in [0.717, 1.165) is 43.2 Å². The first-order chi connectivity index (χ1) is 12.1. The topological polar surface area (TPSA) is 45.2 Å². The van der Waals surface area contributed by atoms with Crippen LogP contribution in [0.15, 0.2) is 35.7 Å². The van der Waals surface area contributed by atoms with Gasteiger partial charge in [-0.05, 0) is 51.3 Å². The summed E-state index contributed by atoms with van der Waals surface area (Å²) in [5.74, 6) is 0.649. The Labute approximate surface area is 154 Å². The molecule has 0 saturated carbocycles. The van der Waals surface area contributed by atoms with Crippen molar-refractivity contribution in [2.45, 2.75) is 45.7 Å². The molecule has 4 nitrogen and oxygen atoms in total. The molecule has 0 radical (unpaired) electrons. The molecule has 5 heteroatoms. The average molecular weight is 358 g/mol. The third kappa shape index (κ3) is 5.38. The van der Waals surface area contributed by atoms with E-state index in [1.165, 1.54) is 5.56 Å². The van der Waals surface area contributed by atoms with Crippen molar-refractivity contribution in [1.82, 2.24) is 15.2 Å². The Balaban J connectivity index is 1.40. The van der Waals surface area contributed by atoms with E-state index in [1.54, 1.807) is 11.3 Å². The second-order valence-corrected chi connectivity index (χ2v) is 8.05. The minimum Gasteiger partial charge on any atom is -0.348 e. The number of amides is 1. The van der Waals surface area contributed by atoms with Crippen LogP contribution >= 0.6 is 11.3 Å². The van der Waals surface area contributed by atoms with Crippen LogP contribution in [0.4, 0.5) is 0 Å². The number of thiazole rings is 1. The number of benzene rings is 1. The fourth-order valence-electron chi connectivity index (χ4n) is 3.41. The highest BCUT2D eigenvalue weighted by Gasteiger charge is 2.22. The van der Waals surface area contributed by atoms with Gasteiger partial charge in [0.25, 0.3) is 0 Å². The molecule has 1 saturated heterocycles. The van der Waals surface area contributed by atoms with E-state index in [2.05, 4.69) is 45.5 Å². The van der Waals surface area contributed by atoms with Gasteiger partial charge in [0.2, 0.25) is 5.91 Å². The molecule has 1 N–H and O–H groups in total. The van der Waals surface area contributed by atoms with Gasteiger partial charge in [0, 0.05) is 18.3 Å². The number of nitrogens with one attached hydrogen (secondary N) is 1. The van der Waals surface area contributed by atoms with Gasteiger partial charge in [0.05, 0.1) is 16.7 Å². The van der Waals surface area contributed by atoms with E-state index >= 15 is 0 Å². The average Bonchev–Trinajstić information content (AvgIpc) is 3.04. The number of piperidine rings is 1. The molecule has 2 heterocycles. The molecule has 2 aromatic rings. The van der Waals surface area contributed by atoms with Gasteiger partial charge in [-0.1, -0.05) is 30.3 Å². The molecule has 25 heavy (non-hydrogen) atoms. The number of carbonyl (C=O) groups is 1. The maximum atomic E-state index is 12.3. The van der Waals surface area contributed by atoms with E-state index < -0.39 is 0 Å². The fourth-order valence-corrected chi connectivity index (χ4v) is 4.11. The van der Waals surface area contributed by atoms with Crippen LogP contribution in [0.5, 0.6) is 0 Å². The second kappa shape index (κ2) is 8.59. The van der Waals surface area contributed by atoms with Crippen molar-refractivity contribution in [3.8, 4) is 0 Å². The zero-order valence-electron chi connectivity index (χ0n) is 15.1. The van der Waals surface area contributed by atoms with Crippen LogP contribution in [-0.2, 0) is 11.3 Å². The largest absolute Gasteiger partial charge is 0.348 e. The highest BCUT2D eigenvalue weighted by Crippen LogP contribution is 2.23. The Morgan fingerprint density at radius 3 is 2.68 bits per heavy atom. The van der Waals surface area contributed by atoms with Crippen molar-refractivity contribution in [3.05, 3.63) is 52.0 Å². The van der Waals surface area contributed by atoms with E-state index in [1.807, 2.05) is 19.2 Å². The van der Waals surface area contributed by atoms with Crippen LogP contribution in [0.3, 0.4) is 0 Å². The van der Waals surface area contributed by atoms with Gasteiger partial charge in [-0.25, -0.2) is 4.98 Å². The summed E-state index contributed by atoms with van der Waals surface area (Å²) in [5, 5.41) is 6.17. The van der Waals surface area contributed by atoms with E-state index in [0.29, 0.717) is 12.3 Å². The van der Waals surface area contributed by atoms with Gasteiger partial charge in [-0.15, -0.1) is 11.3 Å². The van der Waals surface area contributed by atoms with Crippen LogP contribution in [0.1, 0.15) is 48.5 Å². The summed E-state index contributed by atoms with van der Waals surface area (Å²) in [4.78, 5) is 19.3. The van der Waals surface area contributed by atoms with Gasteiger partial charge in [0.15, 0.2) is 0 Å². The number of hydrogen-bond acceptors (Lipinski definition) is 4. The number of aryl methyl sites for hydroxylation is 1. The SMILES string of the molecule is Cc1nc([C@H](C)NC(=O)CC2CCN(Cc3ccccc3)CC2)cs1. The first kappa shape index (κ1) is 18.1. The van der Waals surface area contributed by atoms with E-state index in [9.17, 15) is 4.79 Å². The summed E-state index contributed by atoms with van der Waals surface area (Å²) in [6.07, 6.45) is 2.83. The Morgan fingerprint density at radius 2 is 2.04 bits per heavy atom. The van der Waals surface area contributed by atoms with Crippen LogP contribution in [-0.4, -0.2) is 28.9 Å². The molecule has 1 aliphatic rings. The molecule has 0 aliphatic carbocycles. The smallest absolute Gasteiger partial charge is 0.220 e. The maximum Gasteiger partial charge on any atom is 0.220 e. The summed E-state index contributed by atoms with van der Waals surface area (Å²) in [7, 11) is 0. The van der Waals surface area contributed by atoms with Crippen molar-refractivity contribution in [3.63, 3.8) is 0 Å². The van der Waals surface area contributed by atoms with Crippen molar-refractivity contribution in [1.29, 1.82) is 0 Å². The molecule has 3 rings (SSSR count). The second-order valence-electron chi connectivity index (χ2n) is 6.99. The molecule has 0 unspecified atom stereocenters. The Hall–Kier alpha value is -1.72. The van der Waals surface area contributed by atoms with E-state index in [-0.39, 0.29) is 11.9 Å². The summed E-state index contributed by atoms with van der Waals surface area (Å²) in [5.41, 5.74) is 2.33. The number of rotatable bonds is 6. The molecule has 0 spiro atoms. The van der Waals surface area contributed by atoms with Crippen molar-refractivity contribution >= 4 is 17.2 Å². The standard InChI is InChI=1S/C20H27N3OS/c1-15(19-14-25-16(2)22-19)21-20(24)12-17-8-10-23(11-9-17)13-18-6-4-3-5-7-18/h3-7,14-15,17H,8-13H2,1-2H3,(H,21,24)/t15-/m0/s1. The van der Waals surface area contributed by atoms with Crippen LogP contribution in [0, 0.1) is 12.8 Å². The number of hydrogen-bond donors (Lipinski definition) is 1. The predicted molar refractivity (Wildman–Crippen MR) is 102 cm³/mol. The monoisotopic (exact) mass is 357 g/mol.